The number of alkyl carbamates (subject to hydrolysis) is 1. The standard InChI is InChI=1S/C52H77Br2ClN6O10Si2/c1-17-68-49(65)44(46(71-73(30(2)3,31(4)5)32(6)7)36-24-25-39(62)40(55)45(36)70-72(15,16)52(11,12)13)57-47(63)41(33-20-22-35(67-14)23-21-33)56-48(64)42(58-50(66)69-51(8,9)10)34-28-37(53)43(38(54)29-34)59-60-61-26-18-19-27-61/h20-25,28-32,41-42,44,46,62H,17-19,26-27H2,1-16H3,(H,56,64)(H,57,63)(H,58,66)/t41-,42-,44+,46+/m1/s1. The number of nitrogens with zero attached hydrogens (tertiary/aromatic N) is 3. The van der Waals surface area contributed by atoms with Gasteiger partial charge < -0.3 is 44.1 Å². The minimum Gasteiger partial charge on any atom is -0.542 e. The van der Waals surface area contributed by atoms with Crippen molar-refractivity contribution in [3.63, 3.8) is 0 Å². The fourth-order valence-corrected chi connectivity index (χ4v) is 17.0. The molecule has 3 amide bonds. The van der Waals surface area contributed by atoms with Crippen LogP contribution >= 0.6 is 43.5 Å². The fourth-order valence-electron chi connectivity index (χ4n) is 8.76. The van der Waals surface area contributed by atoms with Crippen LogP contribution in [0.25, 0.3) is 0 Å². The Balaban J connectivity index is 1.97. The van der Waals surface area contributed by atoms with Crippen LogP contribution in [0.15, 0.2) is 67.8 Å². The molecular formula is C52H77Br2ClN6O10Si2. The van der Waals surface area contributed by atoms with Crippen molar-refractivity contribution in [2.24, 2.45) is 10.3 Å². The Hall–Kier alpha value is -4.22. The van der Waals surface area contributed by atoms with Gasteiger partial charge in [-0.05, 0) is 155 Å². The maximum Gasteiger partial charge on any atom is 0.408 e. The van der Waals surface area contributed by atoms with Crippen molar-refractivity contribution >= 4 is 89.7 Å². The second kappa shape index (κ2) is 25.5. The summed E-state index contributed by atoms with van der Waals surface area (Å²) in [5, 5.41) is 30.0. The van der Waals surface area contributed by atoms with Gasteiger partial charge in [-0.15, -0.1) is 5.11 Å². The van der Waals surface area contributed by atoms with Gasteiger partial charge in [-0.25, -0.2) is 9.59 Å². The minimum atomic E-state index is -3.01. The molecule has 0 aromatic heterocycles. The third kappa shape index (κ3) is 15.5. The number of hydrogen-bond donors (Lipinski definition) is 4. The quantitative estimate of drug-likeness (QED) is 0.0450. The minimum absolute atomic E-state index is 0.00563. The van der Waals surface area contributed by atoms with E-state index in [0.717, 1.165) is 25.9 Å². The summed E-state index contributed by atoms with van der Waals surface area (Å²) >= 11 is 14.2. The summed E-state index contributed by atoms with van der Waals surface area (Å²) in [6.45, 7) is 31.1. The number of phenolic OH excluding ortho intramolecular Hbond substituents is 1. The molecule has 1 aliphatic heterocycles. The number of carbonyl (C=O) groups excluding carboxylic acids is 4. The van der Waals surface area contributed by atoms with Crippen molar-refractivity contribution in [1.29, 1.82) is 0 Å². The van der Waals surface area contributed by atoms with Crippen molar-refractivity contribution < 1.29 is 47.3 Å². The van der Waals surface area contributed by atoms with E-state index in [4.69, 9.17) is 34.7 Å². The molecule has 1 heterocycles. The monoisotopic (exact) mass is 1190 g/mol. The van der Waals surface area contributed by atoms with Gasteiger partial charge in [0.15, 0.2) is 6.04 Å². The molecule has 0 saturated carbocycles. The molecule has 1 aliphatic rings. The highest BCUT2D eigenvalue weighted by Crippen LogP contribution is 2.51. The molecule has 3 aromatic carbocycles. The molecule has 0 aliphatic carbocycles. The molecule has 404 valence electrons. The smallest absolute Gasteiger partial charge is 0.408 e. The van der Waals surface area contributed by atoms with E-state index in [2.05, 4.69) is 120 Å². The van der Waals surface area contributed by atoms with Crippen LogP contribution in [0.5, 0.6) is 17.2 Å². The lowest BCUT2D eigenvalue weighted by Crippen LogP contribution is -2.56. The highest BCUT2D eigenvalue weighted by atomic mass is 79.9. The Bertz CT molecular complexity index is 2400. The summed E-state index contributed by atoms with van der Waals surface area (Å²) in [4.78, 5) is 58.9. The number of nitrogens with one attached hydrogen (secondary N) is 3. The van der Waals surface area contributed by atoms with Gasteiger partial charge in [-0.2, -0.15) is 0 Å². The van der Waals surface area contributed by atoms with Crippen LogP contribution < -0.4 is 25.1 Å². The van der Waals surface area contributed by atoms with Crippen LogP contribution in [-0.4, -0.2) is 89.1 Å². The first-order chi connectivity index (χ1) is 33.9. The molecule has 4 rings (SSSR count). The van der Waals surface area contributed by atoms with Crippen molar-refractivity contribution in [3.8, 4) is 17.2 Å². The van der Waals surface area contributed by atoms with Gasteiger partial charge in [0.2, 0.25) is 20.1 Å². The lowest BCUT2D eigenvalue weighted by Gasteiger charge is -2.46. The van der Waals surface area contributed by atoms with E-state index in [0.29, 0.717) is 37.1 Å². The predicted octanol–water partition coefficient (Wildman–Crippen LogP) is 13.5. The molecule has 21 heteroatoms. The van der Waals surface area contributed by atoms with E-state index < -0.39 is 70.3 Å². The maximum atomic E-state index is 15.5. The average Bonchev–Trinajstić information content (AvgIpc) is 3.81. The van der Waals surface area contributed by atoms with Crippen LogP contribution in [0.4, 0.5) is 10.5 Å². The van der Waals surface area contributed by atoms with Crippen molar-refractivity contribution in [3.05, 3.63) is 79.2 Å². The lowest BCUT2D eigenvalue weighted by atomic mass is 9.99. The Morgan fingerprint density at radius 3 is 1.84 bits per heavy atom. The Morgan fingerprint density at radius 1 is 0.808 bits per heavy atom. The normalized spacial score (nSPS) is 15.3. The zero-order chi connectivity index (χ0) is 55.0. The van der Waals surface area contributed by atoms with Crippen LogP contribution in [-0.2, 0) is 28.3 Å². The maximum absolute atomic E-state index is 15.5. The van der Waals surface area contributed by atoms with Crippen molar-refractivity contribution in [1.82, 2.24) is 21.0 Å². The van der Waals surface area contributed by atoms with E-state index in [1.165, 1.54) is 13.2 Å². The first-order valence-corrected chi connectivity index (χ1v) is 31.8. The highest BCUT2D eigenvalue weighted by Gasteiger charge is 2.51. The number of ether oxygens (including phenoxy) is 3. The predicted molar refractivity (Wildman–Crippen MR) is 298 cm³/mol. The zero-order valence-corrected chi connectivity index (χ0v) is 51.2. The fraction of sp³-hybridized carbons (Fsp3) is 0.577. The number of rotatable bonds is 21. The molecule has 4 N–H and O–H groups in total. The van der Waals surface area contributed by atoms with Gasteiger partial charge in [0.1, 0.15) is 51.7 Å². The number of methoxy groups -OCH3 is 1. The molecule has 0 radical (unpaired) electrons. The molecule has 73 heavy (non-hydrogen) atoms. The average molecular weight is 1200 g/mol. The van der Waals surface area contributed by atoms with Crippen LogP contribution in [0.3, 0.4) is 0 Å². The molecule has 1 saturated heterocycles. The summed E-state index contributed by atoms with van der Waals surface area (Å²) in [5.74, 6) is -2.12. The molecule has 0 bridgehead atoms. The molecular weight excluding hydrogens is 1120 g/mol. The highest BCUT2D eigenvalue weighted by molar-refractivity contribution is 9.11. The molecule has 1 fully saturated rings. The number of amides is 3. The number of benzene rings is 3. The first kappa shape index (κ1) is 61.3. The van der Waals surface area contributed by atoms with Gasteiger partial charge >= 0.3 is 12.1 Å². The second-order valence-corrected chi connectivity index (χ2v) is 34.0. The van der Waals surface area contributed by atoms with Crippen LogP contribution in [0.1, 0.15) is 138 Å². The van der Waals surface area contributed by atoms with Gasteiger partial charge in [-0.3, -0.25) is 14.6 Å². The van der Waals surface area contributed by atoms with Crippen molar-refractivity contribution in [2.75, 3.05) is 26.8 Å². The number of esters is 1. The molecule has 3 aromatic rings. The first-order valence-electron chi connectivity index (χ1n) is 24.8. The second-order valence-electron chi connectivity index (χ2n) is 21.8. The van der Waals surface area contributed by atoms with Crippen molar-refractivity contribution in [2.45, 2.75) is 167 Å². The van der Waals surface area contributed by atoms with Gasteiger partial charge in [0.25, 0.3) is 8.32 Å². The zero-order valence-electron chi connectivity index (χ0n) is 45.3. The van der Waals surface area contributed by atoms with E-state index in [1.54, 1.807) is 70.2 Å². The topological polar surface area (TPSA) is 199 Å². The Morgan fingerprint density at radius 2 is 1.34 bits per heavy atom. The number of hydrogen-bond acceptors (Lipinski definition) is 12. The van der Waals surface area contributed by atoms with Crippen LogP contribution in [0, 0.1) is 0 Å². The largest absolute Gasteiger partial charge is 0.542 e. The summed E-state index contributed by atoms with van der Waals surface area (Å²) in [6.07, 6.45) is -0.179. The summed E-state index contributed by atoms with van der Waals surface area (Å²) in [5.41, 5.74) is 0.415. The summed E-state index contributed by atoms with van der Waals surface area (Å²) < 4.78 is 32.3. The van der Waals surface area contributed by atoms with E-state index in [9.17, 15) is 14.7 Å². The molecule has 0 spiro atoms. The van der Waals surface area contributed by atoms with Gasteiger partial charge in [0, 0.05) is 27.6 Å². The van der Waals surface area contributed by atoms with E-state index in [-0.39, 0.29) is 44.8 Å². The third-order valence-corrected chi connectivity index (χ3v) is 25.4. The Labute approximate surface area is 456 Å². The number of phenols is 1. The number of carbonyl (C=O) groups is 4. The Kier molecular flexibility index (Phi) is 21.5. The lowest BCUT2D eigenvalue weighted by molar-refractivity contribution is -0.151. The van der Waals surface area contributed by atoms with E-state index >= 15 is 9.59 Å². The number of halogens is 3. The molecule has 0 unspecified atom stereocenters. The summed E-state index contributed by atoms with van der Waals surface area (Å²) in [7, 11) is -4.25. The third-order valence-electron chi connectivity index (χ3n) is 13.4. The summed E-state index contributed by atoms with van der Waals surface area (Å²) in [6, 6.07) is 8.21. The van der Waals surface area contributed by atoms with E-state index in [1.807, 2.05) is 18.1 Å². The molecule has 4 atom stereocenters. The molecule has 16 nitrogen and oxygen atoms in total. The van der Waals surface area contributed by atoms with Crippen LogP contribution in [0.2, 0.25) is 39.8 Å². The number of aromatic hydroxyl groups is 1. The SMILES string of the molecule is CCOC(=O)[C@@H](NC(=O)[C@H](NC(=O)[C@H](NC(=O)OC(C)(C)C)c1cc(Br)c(N=NN2CCCC2)c(Br)c1)c1ccc(OC)cc1)[C@@H](O[Si](C(C)C)(C(C)C)C(C)C)c1ccc(O)c(Cl)c1O[Si](C)(C)C(C)(C)C. The van der Waals surface area contributed by atoms with Gasteiger partial charge in [0.05, 0.1) is 13.7 Å². The van der Waals surface area contributed by atoms with Gasteiger partial charge in [-0.1, -0.05) is 91.3 Å².